The predicted octanol–water partition coefficient (Wildman–Crippen LogP) is 3.63. The van der Waals surface area contributed by atoms with Crippen molar-refractivity contribution in [1.82, 2.24) is 0 Å². The fraction of sp³-hybridized carbons (Fsp3) is 0.686. The molecule has 258 valence electrons. The summed E-state index contributed by atoms with van der Waals surface area (Å²) >= 11 is 0. The molecule has 3 fully saturated rings. The van der Waals surface area contributed by atoms with Gasteiger partial charge in [-0.3, -0.25) is 19.2 Å². The van der Waals surface area contributed by atoms with E-state index in [0.717, 1.165) is 6.08 Å². The third-order valence-electron chi connectivity index (χ3n) is 11.5. The highest BCUT2D eigenvalue weighted by atomic mass is 16.6. The maximum Gasteiger partial charge on any atom is 0.331 e. The molecule has 5 rings (SSSR count). The largest absolute Gasteiger partial charge is 0.472 e. The van der Waals surface area contributed by atoms with Crippen LogP contribution in [0, 0.1) is 39.9 Å². The standard InChI is InChI=1S/C35H46O12/c1-17(2)26(38)46-29-31(5,6)21(14-23(36)43-9)33(8)20-10-12-32(7)22(15-24(37)45-25(32)19-11-13-44-16-19)34(20,41)30(35(29,42)28(33)40)47-27(39)18(3)4/h11,13,15-18,20-21,25,29-30,41-42H,10,12,14H2,1-9H3/t20-,21+,25+,29+,30+,32-,33-,34-,35+/m1/s1. The topological polar surface area (TPSA) is 176 Å². The molecule has 1 aliphatic heterocycles. The molecule has 2 heterocycles. The summed E-state index contributed by atoms with van der Waals surface area (Å²) in [6.07, 6.45) is -0.487. The number of cyclic esters (lactones) is 1. The molecule has 4 aliphatic rings. The first-order valence-electron chi connectivity index (χ1n) is 16.2. The second-order valence-electron chi connectivity index (χ2n) is 15.3. The van der Waals surface area contributed by atoms with Crippen LogP contribution in [-0.4, -0.2) is 70.4 Å². The number of furan rings is 1. The van der Waals surface area contributed by atoms with Crippen LogP contribution >= 0.6 is 0 Å². The molecule has 2 bridgehead atoms. The summed E-state index contributed by atoms with van der Waals surface area (Å²) in [5.74, 6) is -7.28. The van der Waals surface area contributed by atoms with Gasteiger partial charge < -0.3 is 33.6 Å². The number of aliphatic hydroxyl groups is 2. The number of esters is 4. The van der Waals surface area contributed by atoms with Gasteiger partial charge in [0.25, 0.3) is 0 Å². The van der Waals surface area contributed by atoms with Crippen LogP contribution in [-0.2, 0) is 42.9 Å². The van der Waals surface area contributed by atoms with E-state index >= 15 is 4.79 Å². The minimum absolute atomic E-state index is 0.105. The van der Waals surface area contributed by atoms with E-state index in [-0.39, 0.29) is 18.4 Å². The summed E-state index contributed by atoms with van der Waals surface area (Å²) < 4.78 is 28.2. The lowest BCUT2D eigenvalue weighted by Crippen LogP contribution is -2.86. The molecule has 3 aliphatic carbocycles. The van der Waals surface area contributed by atoms with E-state index in [1.165, 1.54) is 19.6 Å². The van der Waals surface area contributed by atoms with Crippen molar-refractivity contribution < 1.29 is 57.6 Å². The third kappa shape index (κ3) is 4.72. The Morgan fingerprint density at radius 2 is 1.55 bits per heavy atom. The van der Waals surface area contributed by atoms with E-state index in [0.29, 0.717) is 12.0 Å². The molecule has 0 spiro atoms. The Kier molecular flexibility index (Phi) is 8.36. The molecule has 12 nitrogen and oxygen atoms in total. The highest BCUT2D eigenvalue weighted by Crippen LogP contribution is 2.71. The molecule has 0 radical (unpaired) electrons. The SMILES string of the molecule is COC(=O)C[C@H]1C(C)(C)[C@H](OC(=O)C(C)C)[C@@]2(O)C(=O)[C@]1(C)[C@H]1CC[C@]3(C)C(=CC(=O)O[C@H]3c3ccoc3)[C@@]1(O)[C@@H]2OC(=O)C(C)C. The van der Waals surface area contributed by atoms with Crippen molar-refractivity contribution >= 4 is 29.7 Å². The van der Waals surface area contributed by atoms with Gasteiger partial charge in [0.2, 0.25) is 5.60 Å². The van der Waals surface area contributed by atoms with E-state index in [2.05, 4.69) is 0 Å². The lowest BCUT2D eigenvalue weighted by Gasteiger charge is -2.71. The van der Waals surface area contributed by atoms with Crippen molar-refractivity contribution in [1.29, 1.82) is 0 Å². The number of rotatable bonds is 7. The molecule has 9 atom stereocenters. The zero-order valence-corrected chi connectivity index (χ0v) is 28.4. The Balaban J connectivity index is 1.85. The minimum Gasteiger partial charge on any atom is -0.472 e. The van der Waals surface area contributed by atoms with E-state index in [1.54, 1.807) is 61.5 Å². The summed E-state index contributed by atoms with van der Waals surface area (Å²) in [6, 6.07) is 1.64. The number of methoxy groups -OCH3 is 1. The van der Waals surface area contributed by atoms with E-state index < -0.39 is 99.1 Å². The van der Waals surface area contributed by atoms with Crippen molar-refractivity contribution in [3.63, 3.8) is 0 Å². The molecule has 0 unspecified atom stereocenters. The summed E-state index contributed by atoms with van der Waals surface area (Å²) in [4.78, 5) is 68.1. The molecule has 47 heavy (non-hydrogen) atoms. The van der Waals surface area contributed by atoms with E-state index in [4.69, 9.17) is 23.4 Å². The first kappa shape index (κ1) is 34.8. The number of ether oxygens (including phenoxy) is 4. The summed E-state index contributed by atoms with van der Waals surface area (Å²) in [5.41, 5.74) is -8.65. The van der Waals surface area contributed by atoms with Gasteiger partial charge >= 0.3 is 23.9 Å². The van der Waals surface area contributed by atoms with Crippen molar-refractivity contribution in [2.24, 2.45) is 39.9 Å². The van der Waals surface area contributed by atoms with Gasteiger partial charge in [0.15, 0.2) is 11.9 Å². The van der Waals surface area contributed by atoms with Gasteiger partial charge in [-0.25, -0.2) is 4.79 Å². The van der Waals surface area contributed by atoms with Crippen molar-refractivity contribution in [3.05, 3.63) is 35.8 Å². The minimum atomic E-state index is -2.81. The Morgan fingerprint density at radius 1 is 0.957 bits per heavy atom. The first-order chi connectivity index (χ1) is 21.7. The van der Waals surface area contributed by atoms with Gasteiger partial charge in [-0.15, -0.1) is 0 Å². The number of hydrogen-bond acceptors (Lipinski definition) is 12. The number of Topliss-reactive ketones (excluding diaryl/α,β-unsaturated/α-hetero) is 1. The average Bonchev–Trinajstić information content (AvgIpc) is 3.53. The maximum absolute atomic E-state index is 15.1. The first-order valence-corrected chi connectivity index (χ1v) is 16.2. The lowest BCUT2D eigenvalue weighted by atomic mass is 9.35. The summed E-state index contributed by atoms with van der Waals surface area (Å²) in [6.45, 7) is 13.0. The lowest BCUT2D eigenvalue weighted by molar-refractivity contribution is -0.313. The Hall–Kier alpha value is -3.51. The molecular formula is C35H46O12. The monoisotopic (exact) mass is 658 g/mol. The quantitative estimate of drug-likeness (QED) is 0.322. The number of fused-ring (bicyclic) bond motifs is 6. The highest BCUT2D eigenvalue weighted by molar-refractivity contribution is 5.99. The highest BCUT2D eigenvalue weighted by Gasteiger charge is 2.84. The van der Waals surface area contributed by atoms with Gasteiger partial charge in [0.1, 0.15) is 17.8 Å². The Bertz CT molecular complexity index is 1510. The summed E-state index contributed by atoms with van der Waals surface area (Å²) in [5, 5.41) is 26.4. The molecule has 12 heteroatoms. The van der Waals surface area contributed by atoms with Crippen LogP contribution in [0.25, 0.3) is 0 Å². The van der Waals surface area contributed by atoms with Gasteiger partial charge in [0, 0.05) is 40.2 Å². The zero-order valence-electron chi connectivity index (χ0n) is 28.4. The zero-order chi connectivity index (χ0) is 35.1. The van der Waals surface area contributed by atoms with Crippen LogP contribution in [0.5, 0.6) is 0 Å². The number of ketones is 1. The van der Waals surface area contributed by atoms with Crippen LogP contribution in [0.2, 0.25) is 0 Å². The fourth-order valence-electron chi connectivity index (χ4n) is 9.21. The van der Waals surface area contributed by atoms with Crippen molar-refractivity contribution in [3.8, 4) is 0 Å². The molecule has 1 aromatic heterocycles. The predicted molar refractivity (Wildman–Crippen MR) is 163 cm³/mol. The average molecular weight is 659 g/mol. The van der Waals surface area contributed by atoms with Crippen LogP contribution in [0.3, 0.4) is 0 Å². The van der Waals surface area contributed by atoms with Crippen molar-refractivity contribution in [2.75, 3.05) is 7.11 Å². The molecule has 1 aromatic rings. The Morgan fingerprint density at radius 3 is 2.09 bits per heavy atom. The van der Waals surface area contributed by atoms with E-state index in [9.17, 15) is 29.4 Å². The molecule has 0 amide bonds. The third-order valence-corrected chi connectivity index (χ3v) is 11.5. The molecule has 3 saturated carbocycles. The molecule has 0 aromatic carbocycles. The smallest absolute Gasteiger partial charge is 0.331 e. The van der Waals surface area contributed by atoms with Gasteiger partial charge in [-0.2, -0.15) is 0 Å². The van der Waals surface area contributed by atoms with Gasteiger partial charge in [-0.05, 0) is 30.4 Å². The fourth-order valence-corrected chi connectivity index (χ4v) is 9.21. The van der Waals surface area contributed by atoms with Gasteiger partial charge in [-0.1, -0.05) is 55.4 Å². The second-order valence-corrected chi connectivity index (χ2v) is 15.3. The van der Waals surface area contributed by atoms with Crippen LogP contribution in [0.15, 0.2) is 34.7 Å². The number of carbonyl (C=O) groups is 5. The van der Waals surface area contributed by atoms with E-state index in [1.807, 2.05) is 0 Å². The Labute approximate surface area is 274 Å². The van der Waals surface area contributed by atoms with Crippen LogP contribution in [0.1, 0.15) is 86.3 Å². The number of hydrogen-bond donors (Lipinski definition) is 2. The molecule has 0 saturated heterocycles. The second kappa shape index (κ2) is 11.3. The van der Waals surface area contributed by atoms with Gasteiger partial charge in [0.05, 0.1) is 31.5 Å². The molecule has 2 N–H and O–H groups in total. The maximum atomic E-state index is 15.1. The normalized spacial score (nSPS) is 38.9. The number of carbonyl (C=O) groups excluding carboxylic acids is 5. The van der Waals surface area contributed by atoms with Crippen LogP contribution in [0.4, 0.5) is 0 Å². The summed E-state index contributed by atoms with van der Waals surface area (Å²) in [7, 11) is 1.22. The van der Waals surface area contributed by atoms with Crippen LogP contribution < -0.4 is 0 Å². The molecular weight excluding hydrogens is 612 g/mol. The van der Waals surface area contributed by atoms with Crippen molar-refractivity contribution in [2.45, 2.75) is 104 Å².